The van der Waals surface area contributed by atoms with Gasteiger partial charge in [-0.1, -0.05) is 32.9 Å². The number of carbonyl (C=O) groups is 1. The van der Waals surface area contributed by atoms with Gasteiger partial charge in [0.2, 0.25) is 5.91 Å². The number of amides is 1. The topological polar surface area (TPSA) is 90.9 Å². The summed E-state index contributed by atoms with van der Waals surface area (Å²) in [4.78, 5) is 38.7. The summed E-state index contributed by atoms with van der Waals surface area (Å²) in [7, 11) is 0. The lowest BCUT2D eigenvalue weighted by molar-refractivity contribution is -0.116. The van der Waals surface area contributed by atoms with Crippen LogP contribution in [-0.4, -0.2) is 24.8 Å². The normalized spacial score (nSPS) is 11.7. The molecule has 0 unspecified atom stereocenters. The van der Waals surface area contributed by atoms with Crippen molar-refractivity contribution in [3.05, 3.63) is 86.9 Å². The molecule has 1 amide bonds. The Hall–Kier alpha value is -4.01. The zero-order valence-corrected chi connectivity index (χ0v) is 19.5. The van der Waals surface area contributed by atoms with Crippen molar-refractivity contribution in [3.63, 3.8) is 0 Å². The standard InChI is InChI=1S/C25H26FN5O3/c1-5-29-23(33)18-8-6-7-9-19(18)30(24(29)34)15-22(32)27-21-14-20(25(2,3)4)28-31(21)17-12-10-16(26)11-13-17/h6-14H,5,15H2,1-4H3,(H,27,32). The van der Waals surface area contributed by atoms with E-state index in [1.165, 1.54) is 21.4 Å². The van der Waals surface area contributed by atoms with Crippen LogP contribution in [0.25, 0.3) is 16.6 Å². The Balaban J connectivity index is 1.74. The number of aromatic nitrogens is 4. The second-order valence-electron chi connectivity index (χ2n) is 9.04. The molecule has 0 aliphatic heterocycles. The van der Waals surface area contributed by atoms with Crippen LogP contribution >= 0.6 is 0 Å². The maximum absolute atomic E-state index is 13.4. The van der Waals surface area contributed by atoms with E-state index in [1.54, 1.807) is 49.4 Å². The first-order valence-electron chi connectivity index (χ1n) is 11.0. The van der Waals surface area contributed by atoms with Gasteiger partial charge in [0, 0.05) is 18.0 Å². The molecule has 1 N–H and O–H groups in total. The Bertz CT molecular complexity index is 1490. The zero-order chi connectivity index (χ0) is 24.6. The molecule has 2 aromatic carbocycles. The van der Waals surface area contributed by atoms with E-state index in [4.69, 9.17) is 0 Å². The minimum atomic E-state index is -0.552. The molecule has 9 heteroatoms. The van der Waals surface area contributed by atoms with E-state index in [1.807, 2.05) is 20.8 Å². The summed E-state index contributed by atoms with van der Waals surface area (Å²) in [5.74, 6) is -0.449. The maximum atomic E-state index is 13.4. The van der Waals surface area contributed by atoms with Gasteiger partial charge in [-0.3, -0.25) is 18.7 Å². The summed E-state index contributed by atoms with van der Waals surface area (Å²) in [6, 6.07) is 14.2. The third-order valence-corrected chi connectivity index (χ3v) is 5.57. The first-order chi connectivity index (χ1) is 16.1. The van der Waals surface area contributed by atoms with Crippen molar-refractivity contribution in [2.45, 2.75) is 46.2 Å². The molecule has 0 fully saturated rings. The summed E-state index contributed by atoms with van der Waals surface area (Å²) < 4.78 is 17.4. The number of halogens is 1. The first kappa shape index (κ1) is 23.2. The number of benzene rings is 2. The zero-order valence-electron chi connectivity index (χ0n) is 19.5. The van der Waals surface area contributed by atoms with E-state index in [-0.39, 0.29) is 29.9 Å². The van der Waals surface area contributed by atoms with Gasteiger partial charge < -0.3 is 5.32 Å². The highest BCUT2D eigenvalue weighted by Crippen LogP contribution is 2.26. The van der Waals surface area contributed by atoms with Crippen molar-refractivity contribution >= 4 is 22.6 Å². The molecule has 4 aromatic rings. The van der Waals surface area contributed by atoms with Crippen molar-refractivity contribution in [3.8, 4) is 5.69 Å². The summed E-state index contributed by atoms with van der Waals surface area (Å²) in [6.45, 7) is 7.59. The van der Waals surface area contributed by atoms with Gasteiger partial charge in [-0.15, -0.1) is 0 Å². The van der Waals surface area contributed by atoms with Gasteiger partial charge >= 0.3 is 5.69 Å². The number of carbonyl (C=O) groups excluding carboxylic acids is 1. The highest BCUT2D eigenvalue weighted by atomic mass is 19.1. The minimum Gasteiger partial charge on any atom is -0.309 e. The summed E-state index contributed by atoms with van der Waals surface area (Å²) in [6.07, 6.45) is 0. The highest BCUT2D eigenvalue weighted by molar-refractivity contribution is 5.91. The van der Waals surface area contributed by atoms with E-state index in [0.717, 1.165) is 10.3 Å². The molecule has 2 heterocycles. The van der Waals surface area contributed by atoms with Crippen molar-refractivity contribution in [1.82, 2.24) is 18.9 Å². The number of hydrogen-bond donors (Lipinski definition) is 1. The van der Waals surface area contributed by atoms with Gasteiger partial charge in [0.15, 0.2) is 0 Å². The van der Waals surface area contributed by atoms with E-state index in [0.29, 0.717) is 22.4 Å². The smallest absolute Gasteiger partial charge is 0.309 e. The second kappa shape index (κ2) is 8.74. The first-order valence-corrected chi connectivity index (χ1v) is 11.0. The average molecular weight is 464 g/mol. The monoisotopic (exact) mass is 463 g/mol. The highest BCUT2D eigenvalue weighted by Gasteiger charge is 2.22. The van der Waals surface area contributed by atoms with Crippen LogP contribution in [0.1, 0.15) is 33.4 Å². The number of rotatable bonds is 5. The van der Waals surface area contributed by atoms with Gasteiger partial charge in [0.05, 0.1) is 22.3 Å². The summed E-state index contributed by atoms with van der Waals surface area (Å²) in [5.41, 5.74) is 0.463. The molecule has 8 nitrogen and oxygen atoms in total. The molecule has 0 atom stereocenters. The summed E-state index contributed by atoms with van der Waals surface area (Å²) in [5, 5.41) is 7.81. The third kappa shape index (κ3) is 4.28. The van der Waals surface area contributed by atoms with E-state index in [9.17, 15) is 18.8 Å². The number of nitrogens with zero attached hydrogens (tertiary/aromatic N) is 4. The quantitative estimate of drug-likeness (QED) is 0.491. The van der Waals surface area contributed by atoms with Gasteiger partial charge in [0.25, 0.3) is 5.56 Å². The molecule has 0 aliphatic carbocycles. The van der Waals surface area contributed by atoms with Crippen LogP contribution < -0.4 is 16.6 Å². The molecular formula is C25H26FN5O3. The number of para-hydroxylation sites is 1. The molecule has 0 bridgehead atoms. The van der Waals surface area contributed by atoms with Crippen LogP contribution in [0.4, 0.5) is 10.2 Å². The fourth-order valence-corrected chi connectivity index (χ4v) is 3.74. The van der Waals surface area contributed by atoms with Crippen LogP contribution in [0.15, 0.2) is 64.2 Å². The largest absolute Gasteiger partial charge is 0.331 e. The van der Waals surface area contributed by atoms with Gasteiger partial charge in [-0.05, 0) is 43.3 Å². The van der Waals surface area contributed by atoms with Crippen molar-refractivity contribution in [1.29, 1.82) is 0 Å². The molecule has 0 radical (unpaired) electrons. The Morgan fingerprint density at radius 3 is 2.35 bits per heavy atom. The molecule has 0 aliphatic rings. The van der Waals surface area contributed by atoms with Crippen LogP contribution in [0.3, 0.4) is 0 Å². The van der Waals surface area contributed by atoms with Gasteiger partial charge in [0.1, 0.15) is 18.2 Å². The third-order valence-electron chi connectivity index (χ3n) is 5.57. The van der Waals surface area contributed by atoms with Crippen LogP contribution in [-0.2, 0) is 23.3 Å². The van der Waals surface area contributed by atoms with Gasteiger partial charge in [-0.25, -0.2) is 13.9 Å². The molecular weight excluding hydrogens is 437 g/mol. The summed E-state index contributed by atoms with van der Waals surface area (Å²) >= 11 is 0. The Kier molecular flexibility index (Phi) is 5.95. The lowest BCUT2D eigenvalue weighted by Gasteiger charge is -2.14. The molecule has 0 saturated carbocycles. The lowest BCUT2D eigenvalue weighted by atomic mass is 9.92. The molecule has 0 saturated heterocycles. The fraction of sp³-hybridized carbons (Fsp3) is 0.280. The van der Waals surface area contributed by atoms with Crippen molar-refractivity contribution < 1.29 is 9.18 Å². The molecule has 4 rings (SSSR count). The fourth-order valence-electron chi connectivity index (χ4n) is 3.74. The Morgan fingerprint density at radius 1 is 1.03 bits per heavy atom. The van der Waals surface area contributed by atoms with Crippen molar-refractivity contribution in [2.24, 2.45) is 0 Å². The Morgan fingerprint density at radius 2 is 1.71 bits per heavy atom. The molecule has 0 spiro atoms. The number of nitrogens with one attached hydrogen (secondary N) is 1. The van der Waals surface area contributed by atoms with Gasteiger partial charge in [-0.2, -0.15) is 5.10 Å². The predicted molar refractivity (Wildman–Crippen MR) is 129 cm³/mol. The second-order valence-corrected chi connectivity index (χ2v) is 9.04. The van der Waals surface area contributed by atoms with Crippen LogP contribution in [0.5, 0.6) is 0 Å². The van der Waals surface area contributed by atoms with Crippen LogP contribution in [0, 0.1) is 5.82 Å². The number of fused-ring (bicyclic) bond motifs is 1. The van der Waals surface area contributed by atoms with Crippen LogP contribution in [0.2, 0.25) is 0 Å². The van der Waals surface area contributed by atoms with E-state index < -0.39 is 11.6 Å². The SMILES string of the molecule is CCn1c(=O)c2ccccc2n(CC(=O)Nc2cc(C(C)(C)C)nn2-c2ccc(F)cc2)c1=O. The number of hydrogen-bond acceptors (Lipinski definition) is 4. The molecule has 2 aromatic heterocycles. The van der Waals surface area contributed by atoms with E-state index >= 15 is 0 Å². The molecule has 176 valence electrons. The molecule has 34 heavy (non-hydrogen) atoms. The Labute approximate surface area is 195 Å². The maximum Gasteiger partial charge on any atom is 0.331 e. The number of anilines is 1. The van der Waals surface area contributed by atoms with E-state index in [2.05, 4.69) is 10.4 Å². The predicted octanol–water partition coefficient (Wildman–Crippen LogP) is 3.44. The lowest BCUT2D eigenvalue weighted by Crippen LogP contribution is -2.41. The average Bonchev–Trinajstić information content (AvgIpc) is 3.22. The minimum absolute atomic E-state index is 0.191. The van der Waals surface area contributed by atoms with Crippen molar-refractivity contribution in [2.75, 3.05) is 5.32 Å².